The lowest BCUT2D eigenvalue weighted by molar-refractivity contribution is 0.176. The molecule has 1 unspecified atom stereocenters. The molecule has 0 bridgehead atoms. The Kier molecular flexibility index (Phi) is 4.98. The summed E-state index contributed by atoms with van der Waals surface area (Å²) in [5, 5.41) is 4.71. The number of nitrogens with zero attached hydrogens (tertiary/aromatic N) is 1. The van der Waals surface area contributed by atoms with Crippen molar-refractivity contribution in [2.24, 2.45) is 0 Å². The Hall–Kier alpha value is -0.570. The van der Waals surface area contributed by atoms with E-state index in [-0.39, 0.29) is 0 Å². The molecule has 20 heavy (non-hydrogen) atoms. The first-order valence-electron chi connectivity index (χ1n) is 8.02. The minimum absolute atomic E-state index is 0.694. The van der Waals surface area contributed by atoms with Gasteiger partial charge >= 0.3 is 0 Å². The minimum Gasteiger partial charge on any atom is -0.310 e. The molecular formula is C17H25ClN2. The smallest absolute Gasteiger partial charge is 0.0406 e. The maximum atomic E-state index is 5.95. The third-order valence-corrected chi connectivity index (χ3v) is 4.90. The number of piperidine rings is 1. The van der Waals surface area contributed by atoms with Crippen LogP contribution >= 0.6 is 11.6 Å². The van der Waals surface area contributed by atoms with Crippen molar-refractivity contribution in [3.8, 4) is 0 Å². The van der Waals surface area contributed by atoms with Crippen molar-refractivity contribution in [2.75, 3.05) is 13.1 Å². The molecular weight excluding hydrogens is 268 g/mol. The van der Waals surface area contributed by atoms with Crippen molar-refractivity contribution in [3.05, 3.63) is 34.9 Å². The molecule has 1 saturated carbocycles. The molecule has 2 aliphatic rings. The Balaban J connectivity index is 1.50. The Morgan fingerprint density at radius 2 is 1.70 bits per heavy atom. The Bertz CT molecular complexity index is 412. The van der Waals surface area contributed by atoms with Gasteiger partial charge in [-0.25, -0.2) is 0 Å². The third kappa shape index (κ3) is 3.97. The number of benzene rings is 1. The second-order valence-electron chi connectivity index (χ2n) is 6.35. The lowest BCUT2D eigenvalue weighted by atomic mass is 10.0. The summed E-state index contributed by atoms with van der Waals surface area (Å²) < 4.78 is 0. The molecule has 1 atom stereocenters. The zero-order valence-corrected chi connectivity index (χ0v) is 12.9. The van der Waals surface area contributed by atoms with Gasteiger partial charge in [-0.3, -0.25) is 4.90 Å². The molecule has 0 aromatic heterocycles. The van der Waals surface area contributed by atoms with Crippen LogP contribution in [-0.2, 0) is 6.54 Å². The summed E-state index contributed by atoms with van der Waals surface area (Å²) in [5.74, 6) is 0. The lowest BCUT2D eigenvalue weighted by Gasteiger charge is -2.34. The van der Waals surface area contributed by atoms with Crippen molar-refractivity contribution < 1.29 is 0 Å². The average Bonchev–Trinajstić information content (AvgIpc) is 2.95. The highest BCUT2D eigenvalue weighted by atomic mass is 35.5. The largest absolute Gasteiger partial charge is 0.310 e. The van der Waals surface area contributed by atoms with Gasteiger partial charge in [0.2, 0.25) is 0 Å². The van der Waals surface area contributed by atoms with Crippen molar-refractivity contribution in [1.29, 1.82) is 0 Å². The Morgan fingerprint density at radius 3 is 2.45 bits per heavy atom. The fraction of sp³-hybridized carbons (Fsp3) is 0.647. The highest BCUT2D eigenvalue weighted by molar-refractivity contribution is 6.30. The molecule has 3 rings (SSSR count). The van der Waals surface area contributed by atoms with Crippen molar-refractivity contribution in [1.82, 2.24) is 10.2 Å². The number of likely N-dealkylation sites (tertiary alicyclic amines) is 1. The van der Waals surface area contributed by atoms with Gasteiger partial charge in [-0.2, -0.15) is 0 Å². The summed E-state index contributed by atoms with van der Waals surface area (Å²) in [7, 11) is 0. The van der Waals surface area contributed by atoms with E-state index < -0.39 is 0 Å². The van der Waals surface area contributed by atoms with Crippen LogP contribution in [0.4, 0.5) is 0 Å². The van der Waals surface area contributed by atoms with Gasteiger partial charge in [0.15, 0.2) is 0 Å². The molecule has 110 valence electrons. The number of rotatable bonds is 4. The van der Waals surface area contributed by atoms with Crippen LogP contribution in [-0.4, -0.2) is 30.1 Å². The highest BCUT2D eigenvalue weighted by Crippen LogP contribution is 2.21. The van der Waals surface area contributed by atoms with Crippen LogP contribution in [0.15, 0.2) is 24.3 Å². The van der Waals surface area contributed by atoms with Crippen LogP contribution in [0.2, 0.25) is 5.02 Å². The molecule has 0 amide bonds. The molecule has 1 aromatic carbocycles. The molecule has 1 aromatic rings. The van der Waals surface area contributed by atoms with Gasteiger partial charge in [0.1, 0.15) is 0 Å². The standard InChI is InChI=1S/C17H25ClN2/c18-15-9-7-14(8-10-15)12-20-11-3-6-17(13-20)19-16-4-1-2-5-16/h7-10,16-17,19H,1-6,11-13H2. The first-order chi connectivity index (χ1) is 9.79. The molecule has 1 N–H and O–H groups in total. The second-order valence-corrected chi connectivity index (χ2v) is 6.79. The molecule has 1 aliphatic carbocycles. The van der Waals surface area contributed by atoms with Crippen LogP contribution < -0.4 is 5.32 Å². The second kappa shape index (κ2) is 6.93. The Labute approximate surface area is 127 Å². The van der Waals surface area contributed by atoms with E-state index in [9.17, 15) is 0 Å². The van der Waals surface area contributed by atoms with Crippen LogP contribution in [0.1, 0.15) is 44.1 Å². The first-order valence-corrected chi connectivity index (χ1v) is 8.40. The zero-order chi connectivity index (χ0) is 13.8. The quantitative estimate of drug-likeness (QED) is 0.907. The van der Waals surface area contributed by atoms with Crippen LogP contribution in [0.5, 0.6) is 0 Å². The fourth-order valence-electron chi connectivity index (χ4n) is 3.61. The van der Waals surface area contributed by atoms with Gasteiger partial charge in [0.05, 0.1) is 0 Å². The lowest BCUT2D eigenvalue weighted by Crippen LogP contribution is -2.48. The number of nitrogens with one attached hydrogen (secondary N) is 1. The molecule has 0 spiro atoms. The van der Waals surface area contributed by atoms with Gasteiger partial charge in [-0.15, -0.1) is 0 Å². The van der Waals surface area contributed by atoms with Gasteiger partial charge in [0, 0.05) is 30.2 Å². The van der Waals surface area contributed by atoms with Crippen molar-refractivity contribution >= 4 is 11.6 Å². The number of hydrogen-bond donors (Lipinski definition) is 1. The van der Waals surface area contributed by atoms with Crippen molar-refractivity contribution in [3.63, 3.8) is 0 Å². The summed E-state index contributed by atoms with van der Waals surface area (Å²) in [6.07, 6.45) is 8.25. The maximum Gasteiger partial charge on any atom is 0.0406 e. The molecule has 2 nitrogen and oxygen atoms in total. The predicted molar refractivity (Wildman–Crippen MR) is 85.1 cm³/mol. The van der Waals surface area contributed by atoms with Gasteiger partial charge in [-0.05, 0) is 49.9 Å². The maximum absolute atomic E-state index is 5.95. The zero-order valence-electron chi connectivity index (χ0n) is 12.2. The fourth-order valence-corrected chi connectivity index (χ4v) is 3.74. The van der Waals surface area contributed by atoms with E-state index in [1.54, 1.807) is 0 Å². The molecule has 0 radical (unpaired) electrons. The van der Waals surface area contributed by atoms with Crippen LogP contribution in [0.3, 0.4) is 0 Å². The van der Waals surface area contributed by atoms with Crippen molar-refractivity contribution in [2.45, 2.75) is 57.2 Å². The summed E-state index contributed by atoms with van der Waals surface area (Å²) in [4.78, 5) is 2.58. The van der Waals surface area contributed by atoms with E-state index in [4.69, 9.17) is 11.6 Å². The average molecular weight is 293 g/mol. The summed E-state index contributed by atoms with van der Waals surface area (Å²) in [5.41, 5.74) is 1.37. The summed E-state index contributed by atoms with van der Waals surface area (Å²) in [6.45, 7) is 3.48. The minimum atomic E-state index is 0.694. The Morgan fingerprint density at radius 1 is 1.00 bits per heavy atom. The first kappa shape index (κ1) is 14.4. The van der Waals surface area contributed by atoms with E-state index in [0.29, 0.717) is 6.04 Å². The SMILES string of the molecule is Clc1ccc(CN2CCCC(NC3CCCC3)C2)cc1. The normalized spacial score (nSPS) is 25.1. The summed E-state index contributed by atoms with van der Waals surface area (Å²) >= 11 is 5.95. The third-order valence-electron chi connectivity index (χ3n) is 4.65. The van der Waals surface area contributed by atoms with E-state index in [2.05, 4.69) is 22.3 Å². The molecule has 3 heteroatoms. The highest BCUT2D eigenvalue weighted by Gasteiger charge is 2.23. The van der Waals surface area contributed by atoms with E-state index >= 15 is 0 Å². The topological polar surface area (TPSA) is 15.3 Å². The van der Waals surface area contributed by atoms with E-state index in [1.165, 1.54) is 57.2 Å². The van der Waals surface area contributed by atoms with Gasteiger partial charge in [0.25, 0.3) is 0 Å². The summed E-state index contributed by atoms with van der Waals surface area (Å²) in [6, 6.07) is 9.77. The van der Waals surface area contributed by atoms with Crippen LogP contribution in [0.25, 0.3) is 0 Å². The van der Waals surface area contributed by atoms with Gasteiger partial charge < -0.3 is 5.32 Å². The van der Waals surface area contributed by atoms with E-state index in [1.807, 2.05) is 12.1 Å². The monoisotopic (exact) mass is 292 g/mol. The number of hydrogen-bond acceptors (Lipinski definition) is 2. The number of halogens is 1. The van der Waals surface area contributed by atoms with E-state index in [0.717, 1.165) is 17.6 Å². The molecule has 1 aliphatic heterocycles. The molecule has 1 saturated heterocycles. The predicted octanol–water partition coefficient (Wildman–Crippen LogP) is 3.84. The molecule has 1 heterocycles. The van der Waals surface area contributed by atoms with Crippen LogP contribution in [0, 0.1) is 0 Å². The molecule has 2 fully saturated rings. The van der Waals surface area contributed by atoms with Gasteiger partial charge in [-0.1, -0.05) is 36.6 Å².